The number of quaternary nitrogens is 3. The summed E-state index contributed by atoms with van der Waals surface area (Å²) in [4.78, 5) is 0. The molecule has 0 fully saturated rings. The molecule has 0 aliphatic rings. The van der Waals surface area contributed by atoms with Crippen LogP contribution in [0.3, 0.4) is 0 Å². The van der Waals surface area contributed by atoms with Crippen molar-refractivity contribution in [1.82, 2.24) is 0 Å². The Morgan fingerprint density at radius 2 is 0.632 bits per heavy atom. The summed E-state index contributed by atoms with van der Waals surface area (Å²) >= 11 is 0. The molecule has 0 rings (SSSR count). The van der Waals surface area contributed by atoms with Gasteiger partial charge in [-0.1, -0.05) is 0 Å². The van der Waals surface area contributed by atoms with Crippen LogP contribution in [0, 0.1) is 0 Å². The van der Waals surface area contributed by atoms with Crippen LogP contribution < -0.4 is 0 Å². The van der Waals surface area contributed by atoms with Gasteiger partial charge >= 0.3 is 0 Å². The summed E-state index contributed by atoms with van der Waals surface area (Å²) in [5.74, 6) is 0. The second kappa shape index (κ2) is 8.93. The molecule has 0 aromatic carbocycles. The molecule has 118 valence electrons. The molecule has 0 bridgehead atoms. The Morgan fingerprint density at radius 3 is 0.789 bits per heavy atom. The Bertz CT molecular complexity index is 180. The molecule has 0 aromatic heterocycles. The Kier molecular flexibility index (Phi) is 9.96. The highest BCUT2D eigenvalue weighted by Gasteiger charge is 2.07. The largest absolute Gasteiger partial charge is 0.333 e. The summed E-state index contributed by atoms with van der Waals surface area (Å²) in [6, 6.07) is 0. The average molecular weight is 277 g/mol. The zero-order chi connectivity index (χ0) is 15.7. The van der Waals surface area contributed by atoms with E-state index < -0.39 is 0 Å². The van der Waals surface area contributed by atoms with Crippen molar-refractivity contribution in [3.05, 3.63) is 0 Å². The van der Waals surface area contributed by atoms with E-state index >= 15 is 0 Å². The third-order valence-electron chi connectivity index (χ3n) is 2.41. The SMILES string of the molecule is C[N+](C)(C)C.C[N+](C)(C)CCCCCC[N+](C)(C)C. The van der Waals surface area contributed by atoms with E-state index in [-0.39, 0.29) is 0 Å². The fourth-order valence-electron chi connectivity index (χ4n) is 1.53. The van der Waals surface area contributed by atoms with Gasteiger partial charge in [-0.15, -0.1) is 0 Å². The summed E-state index contributed by atoms with van der Waals surface area (Å²) in [7, 11) is 22.1. The van der Waals surface area contributed by atoms with Gasteiger partial charge < -0.3 is 13.4 Å². The van der Waals surface area contributed by atoms with Crippen LogP contribution in [0.4, 0.5) is 0 Å². The van der Waals surface area contributed by atoms with Gasteiger partial charge in [-0.05, 0) is 25.7 Å². The molecule has 0 amide bonds. The van der Waals surface area contributed by atoms with Gasteiger partial charge in [-0.25, -0.2) is 0 Å². The van der Waals surface area contributed by atoms with Crippen molar-refractivity contribution in [2.24, 2.45) is 0 Å². The Balaban J connectivity index is 0. The minimum Gasteiger partial charge on any atom is -0.333 e. The number of nitrogens with zero attached hydrogens (tertiary/aromatic N) is 3. The van der Waals surface area contributed by atoms with E-state index in [0.717, 1.165) is 13.4 Å². The Morgan fingerprint density at radius 1 is 0.421 bits per heavy atom. The van der Waals surface area contributed by atoms with Crippen LogP contribution in [0.15, 0.2) is 0 Å². The predicted molar refractivity (Wildman–Crippen MR) is 88.2 cm³/mol. The predicted octanol–water partition coefficient (Wildman–Crippen LogP) is 2.28. The third-order valence-corrected chi connectivity index (χ3v) is 2.41. The van der Waals surface area contributed by atoms with E-state index in [2.05, 4.69) is 70.5 Å². The maximum atomic E-state index is 2.27. The summed E-state index contributed by atoms with van der Waals surface area (Å²) in [6.45, 7) is 2.62. The lowest BCUT2D eigenvalue weighted by Gasteiger charge is -2.25. The molecule has 0 saturated carbocycles. The molecule has 3 heteroatoms. The first-order valence-electron chi connectivity index (χ1n) is 7.60. The van der Waals surface area contributed by atoms with Crippen LogP contribution in [-0.4, -0.2) is 97.0 Å². The molecule has 0 aliphatic heterocycles. The van der Waals surface area contributed by atoms with E-state index in [9.17, 15) is 0 Å². The maximum absolute atomic E-state index is 2.27. The van der Waals surface area contributed by atoms with E-state index in [0.29, 0.717) is 0 Å². The van der Waals surface area contributed by atoms with Gasteiger partial charge in [0.25, 0.3) is 0 Å². The first kappa shape index (κ1) is 21.2. The molecule has 3 nitrogen and oxygen atoms in total. The molecular formula is C16H42N3+3. The van der Waals surface area contributed by atoms with Crippen molar-refractivity contribution < 1.29 is 13.4 Å². The minimum absolute atomic E-state index is 1.00. The molecule has 0 radical (unpaired) electrons. The summed E-state index contributed by atoms with van der Waals surface area (Å²) in [5.41, 5.74) is 0. The van der Waals surface area contributed by atoms with Gasteiger partial charge in [-0.3, -0.25) is 0 Å². The number of hydrogen-bond acceptors (Lipinski definition) is 0. The molecule has 19 heavy (non-hydrogen) atoms. The van der Waals surface area contributed by atoms with Crippen molar-refractivity contribution in [1.29, 1.82) is 0 Å². The van der Waals surface area contributed by atoms with E-state index in [1.54, 1.807) is 0 Å². The molecule has 0 heterocycles. The monoisotopic (exact) mass is 276 g/mol. The second-order valence-corrected chi connectivity index (χ2v) is 9.13. The lowest BCUT2D eigenvalue weighted by Crippen LogP contribution is -2.35. The fourth-order valence-corrected chi connectivity index (χ4v) is 1.53. The van der Waals surface area contributed by atoms with E-state index in [4.69, 9.17) is 0 Å². The van der Waals surface area contributed by atoms with E-state index in [1.165, 1.54) is 38.8 Å². The molecule has 0 N–H and O–H groups in total. The number of unbranched alkanes of at least 4 members (excludes halogenated alkanes) is 3. The van der Waals surface area contributed by atoms with E-state index in [1.807, 2.05) is 0 Å². The topological polar surface area (TPSA) is 0 Å². The first-order chi connectivity index (χ1) is 8.21. The molecular weight excluding hydrogens is 234 g/mol. The standard InChI is InChI=1S/C12H30N2.C4H12N/c1-13(2,3)11-9-7-8-10-12-14(4,5)6;1-5(2,3)4/h7-12H2,1-6H3;1-4H3/q+2;+1. The van der Waals surface area contributed by atoms with Gasteiger partial charge in [0.15, 0.2) is 0 Å². The van der Waals surface area contributed by atoms with Crippen LogP contribution in [0.2, 0.25) is 0 Å². The van der Waals surface area contributed by atoms with Crippen LogP contribution in [-0.2, 0) is 0 Å². The molecule has 0 spiro atoms. The van der Waals surface area contributed by atoms with Crippen molar-refractivity contribution in [3.63, 3.8) is 0 Å². The fraction of sp³-hybridized carbons (Fsp3) is 1.00. The van der Waals surface area contributed by atoms with Crippen LogP contribution in [0.1, 0.15) is 25.7 Å². The zero-order valence-electron chi connectivity index (χ0n) is 15.6. The minimum atomic E-state index is 1.00. The van der Waals surface area contributed by atoms with Crippen LogP contribution in [0.25, 0.3) is 0 Å². The van der Waals surface area contributed by atoms with Crippen LogP contribution in [0.5, 0.6) is 0 Å². The normalized spacial score (nSPS) is 12.9. The molecule has 0 aliphatic carbocycles. The summed E-state index contributed by atoms with van der Waals surface area (Å²) in [5, 5.41) is 0. The summed E-state index contributed by atoms with van der Waals surface area (Å²) < 4.78 is 3.21. The Labute approximate surface area is 123 Å². The first-order valence-corrected chi connectivity index (χ1v) is 7.60. The highest BCUT2D eigenvalue weighted by Crippen LogP contribution is 2.05. The maximum Gasteiger partial charge on any atom is 0.0780 e. The smallest absolute Gasteiger partial charge is 0.0780 e. The van der Waals surface area contributed by atoms with Crippen LogP contribution >= 0.6 is 0 Å². The average Bonchev–Trinajstić information content (AvgIpc) is 2.04. The van der Waals surface area contributed by atoms with Gasteiger partial charge in [0.2, 0.25) is 0 Å². The number of rotatable bonds is 7. The Hall–Kier alpha value is -0.120. The van der Waals surface area contributed by atoms with Crippen molar-refractivity contribution in [2.45, 2.75) is 25.7 Å². The van der Waals surface area contributed by atoms with Gasteiger partial charge in [0.1, 0.15) is 0 Å². The lowest BCUT2D eigenvalue weighted by atomic mass is 10.1. The lowest BCUT2D eigenvalue weighted by molar-refractivity contribution is -0.871. The quantitative estimate of drug-likeness (QED) is 0.494. The highest BCUT2D eigenvalue weighted by molar-refractivity contribution is 4.42. The van der Waals surface area contributed by atoms with Crippen molar-refractivity contribution in [3.8, 4) is 0 Å². The number of hydrogen-bond donors (Lipinski definition) is 0. The highest BCUT2D eigenvalue weighted by atomic mass is 15.3. The van der Waals surface area contributed by atoms with Gasteiger partial charge in [0.05, 0.1) is 83.6 Å². The third kappa shape index (κ3) is 38.1. The van der Waals surface area contributed by atoms with Gasteiger partial charge in [-0.2, -0.15) is 0 Å². The van der Waals surface area contributed by atoms with Crippen molar-refractivity contribution >= 4 is 0 Å². The molecule has 0 unspecified atom stereocenters. The molecule has 0 atom stereocenters. The van der Waals surface area contributed by atoms with Gasteiger partial charge in [0, 0.05) is 0 Å². The van der Waals surface area contributed by atoms with Crippen molar-refractivity contribution in [2.75, 3.05) is 83.6 Å². The molecule has 0 saturated heterocycles. The second-order valence-electron chi connectivity index (χ2n) is 9.13. The summed E-state index contributed by atoms with van der Waals surface area (Å²) in [6.07, 6.45) is 5.55. The zero-order valence-corrected chi connectivity index (χ0v) is 15.6. The molecule has 0 aromatic rings.